The van der Waals surface area contributed by atoms with Crippen molar-refractivity contribution in [1.29, 1.82) is 0 Å². The molecule has 5 aromatic rings. The Balaban J connectivity index is 1.62. The van der Waals surface area contributed by atoms with Gasteiger partial charge in [-0.2, -0.15) is 5.10 Å². The number of benzene rings is 1. The molecule has 5 heteroatoms. The maximum atomic E-state index is 4.61. The van der Waals surface area contributed by atoms with E-state index in [2.05, 4.69) is 75.1 Å². The van der Waals surface area contributed by atoms with Crippen molar-refractivity contribution in [2.45, 2.75) is 6.92 Å². The Kier molecular flexibility index (Phi) is 4.77. The number of nitrogens with one attached hydrogen (secondary N) is 2. The summed E-state index contributed by atoms with van der Waals surface area (Å²) >= 11 is 0. The van der Waals surface area contributed by atoms with Gasteiger partial charge in [-0.3, -0.25) is 15.1 Å². The van der Waals surface area contributed by atoms with Crippen LogP contribution in [0.5, 0.6) is 0 Å². The van der Waals surface area contributed by atoms with Gasteiger partial charge in [0.2, 0.25) is 0 Å². The highest BCUT2D eigenvalue weighted by Crippen LogP contribution is 2.34. The first-order chi connectivity index (χ1) is 15.2. The molecule has 0 bridgehead atoms. The third-order valence-electron chi connectivity index (χ3n) is 5.37. The zero-order valence-electron chi connectivity index (χ0n) is 17.1. The monoisotopic (exact) mass is 403 g/mol. The van der Waals surface area contributed by atoms with Gasteiger partial charge in [-0.1, -0.05) is 36.9 Å². The summed E-state index contributed by atoms with van der Waals surface area (Å²) in [5.74, 6) is 0. The molecule has 5 rings (SSSR count). The van der Waals surface area contributed by atoms with Crippen LogP contribution in [0.2, 0.25) is 0 Å². The quantitative estimate of drug-likeness (QED) is 0.357. The summed E-state index contributed by atoms with van der Waals surface area (Å²) in [5, 5.41) is 8.82. The number of allylic oxidation sites excluding steroid dienone is 2. The normalized spacial score (nSPS) is 11.7. The fourth-order valence-corrected chi connectivity index (χ4v) is 3.88. The lowest BCUT2D eigenvalue weighted by molar-refractivity contribution is 1.11. The highest BCUT2D eigenvalue weighted by molar-refractivity contribution is 5.96. The van der Waals surface area contributed by atoms with E-state index in [4.69, 9.17) is 0 Å². The second kappa shape index (κ2) is 7.88. The van der Waals surface area contributed by atoms with Crippen LogP contribution in [0.15, 0.2) is 92.0 Å². The van der Waals surface area contributed by atoms with Crippen molar-refractivity contribution in [1.82, 2.24) is 25.1 Å². The molecule has 4 aromatic heterocycles. The lowest BCUT2D eigenvalue weighted by Crippen LogP contribution is -1.89. The number of hydrogen-bond acceptors (Lipinski definition) is 3. The average Bonchev–Trinajstić information content (AvgIpc) is 3.41. The van der Waals surface area contributed by atoms with E-state index in [9.17, 15) is 0 Å². The number of hydrogen-bond donors (Lipinski definition) is 2. The summed E-state index contributed by atoms with van der Waals surface area (Å²) in [6, 6.07) is 16.4. The molecule has 0 aliphatic rings. The first kappa shape index (κ1) is 18.8. The third-order valence-corrected chi connectivity index (χ3v) is 5.37. The molecular weight excluding hydrogens is 382 g/mol. The van der Waals surface area contributed by atoms with Gasteiger partial charge in [-0.25, -0.2) is 0 Å². The molecule has 0 fully saturated rings. The maximum absolute atomic E-state index is 4.61. The number of nitrogens with zero attached hydrogens (tertiary/aromatic N) is 3. The molecule has 0 unspecified atom stereocenters. The summed E-state index contributed by atoms with van der Waals surface area (Å²) in [6.45, 7) is 5.96. The van der Waals surface area contributed by atoms with Crippen LogP contribution in [0, 0.1) is 6.92 Å². The number of fused-ring (bicyclic) bond motifs is 1. The van der Waals surface area contributed by atoms with Gasteiger partial charge >= 0.3 is 0 Å². The minimum atomic E-state index is 0.888. The zero-order chi connectivity index (χ0) is 21.2. The molecular formula is C26H21N5. The highest BCUT2D eigenvalue weighted by atomic mass is 15.1. The van der Waals surface area contributed by atoms with Crippen molar-refractivity contribution in [3.8, 4) is 22.5 Å². The van der Waals surface area contributed by atoms with Gasteiger partial charge in [0.25, 0.3) is 0 Å². The van der Waals surface area contributed by atoms with Crippen molar-refractivity contribution < 1.29 is 0 Å². The Bertz CT molecular complexity index is 1390. The number of H-pyrrole nitrogens is 2. The molecule has 0 saturated carbocycles. The SMILES string of the molecule is C=C/C=C(/c1cccnc1)c1cc(-c2n[nH]c3ccc(-c4cccnc4)cc23)[nH]c1C. The molecule has 0 aliphatic carbocycles. The van der Waals surface area contributed by atoms with E-state index in [-0.39, 0.29) is 0 Å². The molecule has 2 N–H and O–H groups in total. The molecule has 31 heavy (non-hydrogen) atoms. The minimum absolute atomic E-state index is 0.888. The second-order valence-electron chi connectivity index (χ2n) is 7.35. The standard InChI is InChI=1S/C26H21N5/c1-3-6-21(20-8-5-12-28-16-20)22-14-25(29-17(22)2)26-23-13-18(9-10-24(23)30-31-26)19-7-4-11-27-15-19/h3-16,29H,1H2,2H3,(H,30,31)/b21-6-. The van der Waals surface area contributed by atoms with Crippen molar-refractivity contribution in [3.63, 3.8) is 0 Å². The van der Waals surface area contributed by atoms with Crippen LogP contribution in [0.25, 0.3) is 39.0 Å². The molecule has 150 valence electrons. The van der Waals surface area contributed by atoms with E-state index in [0.29, 0.717) is 0 Å². The summed E-state index contributed by atoms with van der Waals surface area (Å²) < 4.78 is 0. The Hall–Kier alpha value is -4.25. The molecule has 0 saturated heterocycles. The number of aromatic nitrogens is 5. The van der Waals surface area contributed by atoms with Gasteiger partial charge in [0, 0.05) is 52.6 Å². The Morgan fingerprint density at radius 2 is 1.81 bits per heavy atom. The van der Waals surface area contributed by atoms with Gasteiger partial charge in [0.15, 0.2) is 0 Å². The largest absolute Gasteiger partial charge is 0.357 e. The number of pyridine rings is 2. The predicted molar refractivity (Wildman–Crippen MR) is 125 cm³/mol. The Morgan fingerprint density at radius 1 is 0.968 bits per heavy atom. The molecule has 0 amide bonds. The third kappa shape index (κ3) is 3.46. The van der Waals surface area contributed by atoms with Gasteiger partial charge in [0.05, 0.1) is 11.2 Å². The molecule has 0 aliphatic heterocycles. The topological polar surface area (TPSA) is 70.2 Å². The molecule has 4 heterocycles. The lowest BCUT2D eigenvalue weighted by atomic mass is 9.98. The lowest BCUT2D eigenvalue weighted by Gasteiger charge is -2.06. The van der Waals surface area contributed by atoms with E-state index in [0.717, 1.165) is 55.8 Å². The smallest absolute Gasteiger partial charge is 0.116 e. The van der Waals surface area contributed by atoms with Gasteiger partial charge in [-0.15, -0.1) is 0 Å². The van der Waals surface area contributed by atoms with Crippen LogP contribution in [0.4, 0.5) is 0 Å². The van der Waals surface area contributed by atoms with Crippen LogP contribution in [0.3, 0.4) is 0 Å². The fraction of sp³-hybridized carbons (Fsp3) is 0.0385. The van der Waals surface area contributed by atoms with E-state index in [1.54, 1.807) is 18.5 Å². The number of aryl methyl sites for hydroxylation is 1. The van der Waals surface area contributed by atoms with Gasteiger partial charge in [0.1, 0.15) is 5.69 Å². The first-order valence-electron chi connectivity index (χ1n) is 10.1. The van der Waals surface area contributed by atoms with E-state index < -0.39 is 0 Å². The molecule has 0 spiro atoms. The zero-order valence-corrected chi connectivity index (χ0v) is 17.1. The summed E-state index contributed by atoms with van der Waals surface area (Å²) in [7, 11) is 0. The fourth-order valence-electron chi connectivity index (χ4n) is 3.88. The summed E-state index contributed by atoms with van der Waals surface area (Å²) in [4.78, 5) is 12.0. The number of rotatable bonds is 5. The van der Waals surface area contributed by atoms with Crippen LogP contribution in [-0.2, 0) is 0 Å². The highest BCUT2D eigenvalue weighted by Gasteiger charge is 2.16. The first-order valence-corrected chi connectivity index (χ1v) is 10.1. The molecule has 5 nitrogen and oxygen atoms in total. The van der Waals surface area contributed by atoms with Crippen LogP contribution < -0.4 is 0 Å². The van der Waals surface area contributed by atoms with E-state index >= 15 is 0 Å². The van der Waals surface area contributed by atoms with Crippen LogP contribution in [-0.4, -0.2) is 25.1 Å². The van der Waals surface area contributed by atoms with Crippen LogP contribution >= 0.6 is 0 Å². The second-order valence-corrected chi connectivity index (χ2v) is 7.35. The Labute approximate surface area is 180 Å². The van der Waals surface area contributed by atoms with Crippen molar-refractivity contribution in [3.05, 3.63) is 109 Å². The molecule has 1 aromatic carbocycles. The molecule has 0 atom stereocenters. The predicted octanol–water partition coefficient (Wildman–Crippen LogP) is 5.94. The van der Waals surface area contributed by atoms with E-state index in [1.807, 2.05) is 30.6 Å². The average molecular weight is 403 g/mol. The van der Waals surface area contributed by atoms with Crippen LogP contribution in [0.1, 0.15) is 16.8 Å². The summed E-state index contributed by atoms with van der Waals surface area (Å²) in [5.41, 5.74) is 9.29. The Morgan fingerprint density at radius 3 is 2.55 bits per heavy atom. The summed E-state index contributed by atoms with van der Waals surface area (Å²) in [6.07, 6.45) is 11.1. The number of aromatic amines is 2. The van der Waals surface area contributed by atoms with Crippen molar-refractivity contribution >= 4 is 16.5 Å². The van der Waals surface area contributed by atoms with E-state index in [1.165, 1.54) is 0 Å². The van der Waals surface area contributed by atoms with Crippen molar-refractivity contribution in [2.75, 3.05) is 0 Å². The van der Waals surface area contributed by atoms with Gasteiger partial charge < -0.3 is 4.98 Å². The maximum Gasteiger partial charge on any atom is 0.116 e. The van der Waals surface area contributed by atoms with Gasteiger partial charge in [-0.05, 0) is 48.4 Å². The minimum Gasteiger partial charge on any atom is -0.357 e. The van der Waals surface area contributed by atoms with Crippen molar-refractivity contribution in [2.24, 2.45) is 0 Å². The molecule has 0 radical (unpaired) electrons.